The lowest BCUT2D eigenvalue weighted by molar-refractivity contribution is 0.509. The molecule has 0 fully saturated rings. The summed E-state index contributed by atoms with van der Waals surface area (Å²) in [5, 5.41) is 8.01. The van der Waals surface area contributed by atoms with E-state index in [1.807, 2.05) is 6.92 Å². The first-order valence-electron chi connectivity index (χ1n) is 5.91. The van der Waals surface area contributed by atoms with Crippen LogP contribution in [0.5, 0.6) is 0 Å². The van der Waals surface area contributed by atoms with Crippen molar-refractivity contribution in [1.82, 2.24) is 19.6 Å². The minimum absolute atomic E-state index is 0.0955. The molecule has 3 rings (SSSR count). The minimum atomic E-state index is -0.995. The lowest BCUT2D eigenvalue weighted by atomic mass is 10.1. The van der Waals surface area contributed by atoms with E-state index in [2.05, 4.69) is 15.2 Å². The van der Waals surface area contributed by atoms with E-state index in [1.54, 1.807) is 17.4 Å². The molecule has 0 saturated carbocycles. The maximum atomic E-state index is 13.4. The van der Waals surface area contributed by atoms with Crippen LogP contribution < -0.4 is 5.73 Å². The first-order chi connectivity index (χ1) is 9.47. The number of nitrogens with zero attached hydrogens (tertiary/aromatic N) is 4. The Kier molecular flexibility index (Phi) is 2.63. The highest BCUT2D eigenvalue weighted by molar-refractivity contribution is 5.73. The van der Waals surface area contributed by atoms with Gasteiger partial charge in [0.15, 0.2) is 23.1 Å². The number of aromatic nitrogens is 4. The van der Waals surface area contributed by atoms with Crippen LogP contribution in [0.3, 0.4) is 0 Å². The molecule has 2 heterocycles. The molecule has 0 saturated heterocycles. The topological polar surface area (TPSA) is 69.1 Å². The second kappa shape index (κ2) is 4.22. The third kappa shape index (κ3) is 1.78. The molecule has 0 bridgehead atoms. The Morgan fingerprint density at radius 2 is 1.75 bits per heavy atom. The summed E-state index contributed by atoms with van der Waals surface area (Å²) in [7, 11) is 0. The summed E-state index contributed by atoms with van der Waals surface area (Å²) in [6, 6.07) is 3.70. The first kappa shape index (κ1) is 12.5. The fraction of sp³-hybridized carbons (Fsp3) is 0.154. The van der Waals surface area contributed by atoms with Crippen molar-refractivity contribution in [2.24, 2.45) is 0 Å². The highest BCUT2D eigenvalue weighted by atomic mass is 19.2. The number of aryl methyl sites for hydroxylation is 2. The Bertz CT molecular complexity index is 825. The van der Waals surface area contributed by atoms with Gasteiger partial charge in [-0.05, 0) is 19.9 Å². The zero-order valence-corrected chi connectivity index (χ0v) is 10.9. The quantitative estimate of drug-likeness (QED) is 0.692. The summed E-state index contributed by atoms with van der Waals surface area (Å²) < 4.78 is 28.2. The van der Waals surface area contributed by atoms with E-state index in [4.69, 9.17) is 5.73 Å². The van der Waals surface area contributed by atoms with Crippen molar-refractivity contribution in [1.29, 1.82) is 0 Å². The number of benzene rings is 1. The van der Waals surface area contributed by atoms with Crippen LogP contribution in [-0.4, -0.2) is 19.6 Å². The normalized spacial score (nSPS) is 11.2. The summed E-state index contributed by atoms with van der Waals surface area (Å²) in [5.74, 6) is -1.00. The molecule has 0 aliphatic heterocycles. The third-order valence-corrected chi connectivity index (χ3v) is 3.02. The van der Waals surface area contributed by atoms with Gasteiger partial charge >= 0.3 is 0 Å². The Morgan fingerprint density at radius 3 is 2.50 bits per heavy atom. The van der Waals surface area contributed by atoms with Gasteiger partial charge < -0.3 is 5.73 Å². The smallest absolute Gasteiger partial charge is 0.171 e. The summed E-state index contributed by atoms with van der Waals surface area (Å²) in [6.45, 7) is 3.62. The van der Waals surface area contributed by atoms with Crippen LogP contribution >= 0.6 is 0 Å². The van der Waals surface area contributed by atoms with Crippen LogP contribution in [0.2, 0.25) is 0 Å². The van der Waals surface area contributed by atoms with Crippen molar-refractivity contribution >= 4 is 11.3 Å². The molecule has 0 radical (unpaired) electrons. The van der Waals surface area contributed by atoms with Crippen molar-refractivity contribution in [3.05, 3.63) is 41.4 Å². The largest absolute Gasteiger partial charge is 0.398 e. The monoisotopic (exact) mass is 275 g/mol. The molecular formula is C13H11F2N5. The summed E-state index contributed by atoms with van der Waals surface area (Å²) in [5.41, 5.74) is 7.50. The van der Waals surface area contributed by atoms with Crippen molar-refractivity contribution < 1.29 is 8.78 Å². The fourth-order valence-electron chi connectivity index (χ4n) is 2.16. The van der Waals surface area contributed by atoms with E-state index < -0.39 is 11.6 Å². The van der Waals surface area contributed by atoms with E-state index in [0.717, 1.165) is 17.8 Å². The van der Waals surface area contributed by atoms with Gasteiger partial charge in [-0.15, -0.1) is 10.2 Å². The summed E-state index contributed by atoms with van der Waals surface area (Å²) >= 11 is 0. The second-order valence-electron chi connectivity index (χ2n) is 4.52. The number of rotatable bonds is 1. The van der Waals surface area contributed by atoms with E-state index in [-0.39, 0.29) is 11.3 Å². The zero-order chi connectivity index (χ0) is 14.4. The molecule has 2 N–H and O–H groups in total. The number of anilines is 1. The minimum Gasteiger partial charge on any atom is -0.398 e. The maximum Gasteiger partial charge on any atom is 0.171 e. The molecule has 5 nitrogen and oxygen atoms in total. The predicted octanol–water partition coefficient (Wildman–Crippen LogP) is 2.27. The van der Waals surface area contributed by atoms with Gasteiger partial charge in [-0.2, -0.15) is 0 Å². The molecule has 0 aliphatic rings. The number of nitrogens with two attached hydrogens (primary N) is 1. The van der Waals surface area contributed by atoms with Gasteiger partial charge in [0.1, 0.15) is 5.82 Å². The lowest BCUT2D eigenvalue weighted by Gasteiger charge is -2.07. The molecule has 7 heteroatoms. The SMILES string of the molecule is Cc1cc2nnc(-c3cc(F)c(F)cc3N)n2c(C)n1. The van der Waals surface area contributed by atoms with Crippen molar-refractivity contribution in [3.8, 4) is 11.4 Å². The zero-order valence-electron chi connectivity index (χ0n) is 10.9. The summed E-state index contributed by atoms with van der Waals surface area (Å²) in [6.07, 6.45) is 0. The molecule has 0 aliphatic carbocycles. The average molecular weight is 275 g/mol. The third-order valence-electron chi connectivity index (χ3n) is 3.02. The number of nitrogen functional groups attached to an aromatic ring is 1. The van der Waals surface area contributed by atoms with Crippen molar-refractivity contribution in [2.75, 3.05) is 5.73 Å². The maximum absolute atomic E-state index is 13.4. The number of hydrogen-bond acceptors (Lipinski definition) is 4. The van der Waals surface area contributed by atoms with Crippen LogP contribution in [0.25, 0.3) is 17.0 Å². The van der Waals surface area contributed by atoms with Crippen molar-refractivity contribution in [2.45, 2.75) is 13.8 Å². The standard InChI is InChI=1S/C13H11F2N5/c1-6-3-12-18-19-13(20(12)7(2)17-6)8-4-9(14)10(15)5-11(8)16/h3-5H,16H2,1-2H3. The van der Waals surface area contributed by atoms with Gasteiger partial charge in [0, 0.05) is 29.1 Å². The van der Waals surface area contributed by atoms with E-state index in [9.17, 15) is 8.78 Å². The molecule has 102 valence electrons. The van der Waals surface area contributed by atoms with Gasteiger partial charge in [-0.25, -0.2) is 13.8 Å². The molecule has 1 aromatic carbocycles. The van der Waals surface area contributed by atoms with Gasteiger partial charge in [0.05, 0.1) is 0 Å². The molecule has 0 amide bonds. The predicted molar refractivity (Wildman–Crippen MR) is 70.0 cm³/mol. The molecule has 3 aromatic rings. The van der Waals surface area contributed by atoms with Gasteiger partial charge in [0.2, 0.25) is 0 Å². The molecule has 0 spiro atoms. The number of hydrogen-bond donors (Lipinski definition) is 1. The van der Waals surface area contributed by atoms with Gasteiger partial charge in [-0.1, -0.05) is 0 Å². The molecular weight excluding hydrogens is 264 g/mol. The van der Waals surface area contributed by atoms with Crippen LogP contribution in [0.15, 0.2) is 18.2 Å². The fourth-order valence-corrected chi connectivity index (χ4v) is 2.16. The van der Waals surface area contributed by atoms with E-state index >= 15 is 0 Å². The van der Waals surface area contributed by atoms with Crippen LogP contribution in [0, 0.1) is 25.5 Å². The van der Waals surface area contributed by atoms with Crippen LogP contribution in [0.4, 0.5) is 14.5 Å². The Hall–Kier alpha value is -2.57. The Labute approximate surface area is 113 Å². The van der Waals surface area contributed by atoms with E-state index in [1.165, 1.54) is 0 Å². The van der Waals surface area contributed by atoms with E-state index in [0.29, 0.717) is 17.3 Å². The molecule has 0 atom stereocenters. The molecule has 2 aromatic heterocycles. The van der Waals surface area contributed by atoms with Gasteiger partial charge in [-0.3, -0.25) is 4.40 Å². The van der Waals surface area contributed by atoms with Crippen LogP contribution in [0.1, 0.15) is 11.5 Å². The van der Waals surface area contributed by atoms with Crippen LogP contribution in [-0.2, 0) is 0 Å². The Balaban J connectivity index is 2.33. The molecule has 0 unspecified atom stereocenters. The van der Waals surface area contributed by atoms with Crippen molar-refractivity contribution in [3.63, 3.8) is 0 Å². The Morgan fingerprint density at radius 1 is 1.05 bits per heavy atom. The highest BCUT2D eigenvalue weighted by Crippen LogP contribution is 2.27. The highest BCUT2D eigenvalue weighted by Gasteiger charge is 2.16. The number of halogens is 2. The average Bonchev–Trinajstić information content (AvgIpc) is 2.77. The first-order valence-corrected chi connectivity index (χ1v) is 5.91. The lowest BCUT2D eigenvalue weighted by Crippen LogP contribution is -2.02. The summed E-state index contributed by atoms with van der Waals surface area (Å²) in [4.78, 5) is 4.30. The van der Waals surface area contributed by atoms with Gasteiger partial charge in [0.25, 0.3) is 0 Å². The number of fused-ring (bicyclic) bond motifs is 1. The second-order valence-corrected chi connectivity index (χ2v) is 4.52. The molecule has 20 heavy (non-hydrogen) atoms.